The van der Waals surface area contributed by atoms with Gasteiger partial charge in [0.25, 0.3) is 11.8 Å². The van der Waals surface area contributed by atoms with Crippen molar-refractivity contribution in [2.45, 2.75) is 12.6 Å². The molecule has 0 aliphatic carbocycles. The van der Waals surface area contributed by atoms with Crippen molar-refractivity contribution in [1.82, 2.24) is 20.2 Å². The van der Waals surface area contributed by atoms with Crippen LogP contribution in [0.25, 0.3) is 0 Å². The molecule has 1 aromatic rings. The van der Waals surface area contributed by atoms with Gasteiger partial charge in [-0.15, -0.1) is 0 Å². The van der Waals surface area contributed by atoms with Crippen LogP contribution in [0.5, 0.6) is 0 Å². The number of hydrazine groups is 1. The fraction of sp³-hybridized carbons (Fsp3) is 0.368. The molecule has 2 amide bonds. The number of hydrogen-bond donors (Lipinski definition) is 3. The van der Waals surface area contributed by atoms with E-state index in [-0.39, 0.29) is 17.9 Å². The van der Waals surface area contributed by atoms with Crippen molar-refractivity contribution in [3.63, 3.8) is 0 Å². The molecule has 3 N–H and O–H groups in total. The zero-order chi connectivity index (χ0) is 22.3. The molecule has 3 aliphatic rings. The lowest BCUT2D eigenvalue weighted by Crippen LogP contribution is -2.60. The van der Waals surface area contributed by atoms with Crippen LogP contribution in [-0.2, 0) is 20.9 Å². The van der Waals surface area contributed by atoms with E-state index in [4.69, 9.17) is 4.74 Å². The molecular weight excluding hydrogens is 421 g/mol. The summed E-state index contributed by atoms with van der Waals surface area (Å²) in [5, 5.41) is 26.1. The molecule has 2 atom stereocenters. The van der Waals surface area contributed by atoms with Crippen LogP contribution in [0.3, 0.4) is 0 Å². The van der Waals surface area contributed by atoms with Gasteiger partial charge in [-0.3, -0.25) is 14.6 Å². The van der Waals surface area contributed by atoms with Crippen molar-refractivity contribution in [3.8, 4) is 0 Å². The lowest BCUT2D eigenvalue weighted by Gasteiger charge is -2.47. The van der Waals surface area contributed by atoms with E-state index in [0.717, 1.165) is 0 Å². The van der Waals surface area contributed by atoms with E-state index in [9.17, 15) is 33.0 Å². The Hall–Kier alpha value is -3.09. The highest BCUT2D eigenvalue weighted by Gasteiger charge is 2.43. The maximum atomic E-state index is 13.8. The van der Waals surface area contributed by atoms with Gasteiger partial charge < -0.3 is 25.2 Å². The number of aliphatic hydroxyl groups is 2. The third kappa shape index (κ3) is 3.84. The molecular formula is C19H19F3N4O5. The summed E-state index contributed by atoms with van der Waals surface area (Å²) < 4.78 is 46.1. The molecule has 166 valence electrons. The van der Waals surface area contributed by atoms with Gasteiger partial charge in [0.05, 0.1) is 25.5 Å². The zero-order valence-corrected chi connectivity index (χ0v) is 16.1. The molecule has 0 spiro atoms. The number of benzene rings is 1. The molecule has 9 nitrogen and oxygen atoms in total. The Morgan fingerprint density at radius 2 is 1.87 bits per heavy atom. The van der Waals surface area contributed by atoms with Crippen LogP contribution >= 0.6 is 0 Å². The van der Waals surface area contributed by atoms with Crippen molar-refractivity contribution >= 4 is 11.8 Å². The van der Waals surface area contributed by atoms with Crippen molar-refractivity contribution in [1.29, 1.82) is 0 Å². The van der Waals surface area contributed by atoms with E-state index in [1.54, 1.807) is 5.01 Å². The summed E-state index contributed by atoms with van der Waals surface area (Å²) in [6.45, 7) is 0.870. The highest BCUT2D eigenvalue weighted by molar-refractivity contribution is 5.99. The zero-order valence-electron chi connectivity index (χ0n) is 16.1. The van der Waals surface area contributed by atoms with Crippen molar-refractivity contribution in [2.75, 3.05) is 33.0 Å². The highest BCUT2D eigenvalue weighted by Crippen LogP contribution is 2.31. The predicted octanol–water partition coefficient (Wildman–Crippen LogP) is 0.0970. The third-order valence-corrected chi connectivity index (χ3v) is 5.21. The molecule has 2 fully saturated rings. The Kier molecular flexibility index (Phi) is 5.60. The quantitative estimate of drug-likeness (QED) is 0.612. The second kappa shape index (κ2) is 8.21. The second-order valence-electron chi connectivity index (χ2n) is 7.15. The number of hydrogen-bond acceptors (Lipinski definition) is 7. The number of aliphatic hydroxyl groups excluding tert-OH is 2. The SMILES string of the molecule is O=C(NCc1c(F)cc(F)cc1F)C1=CN2C(=C(O)C1O)C(=O)N1CCOCCN2C1. The lowest BCUT2D eigenvalue weighted by atomic mass is 10.0. The van der Waals surface area contributed by atoms with Crippen molar-refractivity contribution in [3.05, 3.63) is 58.4 Å². The van der Waals surface area contributed by atoms with E-state index in [0.29, 0.717) is 38.4 Å². The Morgan fingerprint density at radius 1 is 1.19 bits per heavy atom. The van der Waals surface area contributed by atoms with Gasteiger partial charge in [0.2, 0.25) is 0 Å². The van der Waals surface area contributed by atoms with Crippen LogP contribution in [-0.4, -0.2) is 76.0 Å². The van der Waals surface area contributed by atoms with Gasteiger partial charge in [-0.2, -0.15) is 5.01 Å². The lowest BCUT2D eigenvalue weighted by molar-refractivity contribution is -0.153. The smallest absolute Gasteiger partial charge is 0.276 e. The first-order chi connectivity index (χ1) is 14.8. The molecule has 0 saturated carbocycles. The number of fused-ring (bicyclic) bond motifs is 4. The number of amides is 2. The Morgan fingerprint density at radius 3 is 2.58 bits per heavy atom. The predicted molar refractivity (Wildman–Crippen MR) is 97.9 cm³/mol. The Labute approximate surface area is 174 Å². The van der Waals surface area contributed by atoms with Gasteiger partial charge in [0, 0.05) is 43.5 Å². The molecule has 31 heavy (non-hydrogen) atoms. The maximum Gasteiger partial charge on any atom is 0.276 e. The van der Waals surface area contributed by atoms with Crippen LogP contribution < -0.4 is 5.32 Å². The summed E-state index contributed by atoms with van der Waals surface area (Å²) in [5.41, 5.74) is -1.09. The van der Waals surface area contributed by atoms with Crippen molar-refractivity contribution < 1.29 is 37.7 Å². The standard InChI is InChI=1S/C19H19F3N4O5/c20-10-5-13(21)11(14(22)6-10)7-23-18(29)12-8-26-15(17(28)16(12)27)19(30)24-1-3-31-4-2-25(26)9-24/h5-6,8,16,27-28H,1-4,7,9H2,(H,23,29). The fourth-order valence-corrected chi connectivity index (χ4v) is 3.56. The molecule has 2 bridgehead atoms. The minimum atomic E-state index is -1.82. The van der Waals surface area contributed by atoms with Crippen LogP contribution in [0.2, 0.25) is 0 Å². The fourth-order valence-electron chi connectivity index (χ4n) is 3.56. The minimum Gasteiger partial charge on any atom is -0.507 e. The number of carbonyl (C=O) groups excluding carboxylic acids is 2. The Balaban J connectivity index is 1.58. The number of halogens is 3. The molecule has 3 aliphatic heterocycles. The van der Waals surface area contributed by atoms with Gasteiger partial charge >= 0.3 is 0 Å². The van der Waals surface area contributed by atoms with Gasteiger partial charge in [0.1, 0.15) is 23.6 Å². The number of rotatable bonds is 3. The van der Waals surface area contributed by atoms with Gasteiger partial charge in [0.15, 0.2) is 11.5 Å². The van der Waals surface area contributed by atoms with E-state index in [1.165, 1.54) is 16.1 Å². The summed E-state index contributed by atoms with van der Waals surface area (Å²) in [5.74, 6) is -5.64. The first-order valence-electron chi connectivity index (χ1n) is 9.43. The molecule has 3 heterocycles. The van der Waals surface area contributed by atoms with Crippen LogP contribution in [0.1, 0.15) is 5.56 Å². The number of nitrogens with one attached hydrogen (secondary N) is 1. The first kappa shape index (κ1) is 21.2. The summed E-state index contributed by atoms with van der Waals surface area (Å²) >= 11 is 0. The normalized spacial score (nSPS) is 23.7. The van der Waals surface area contributed by atoms with Crippen LogP contribution in [0, 0.1) is 17.5 Å². The second-order valence-corrected chi connectivity index (χ2v) is 7.15. The molecule has 12 heteroatoms. The largest absolute Gasteiger partial charge is 0.507 e. The molecule has 2 unspecified atom stereocenters. The molecule has 4 rings (SSSR count). The maximum absolute atomic E-state index is 13.8. The van der Waals surface area contributed by atoms with Crippen molar-refractivity contribution in [2.24, 2.45) is 0 Å². The molecule has 1 aromatic carbocycles. The highest BCUT2D eigenvalue weighted by atomic mass is 19.1. The molecule has 0 aromatic heterocycles. The summed E-state index contributed by atoms with van der Waals surface area (Å²) in [7, 11) is 0. The molecule has 2 saturated heterocycles. The average Bonchev–Trinajstić information content (AvgIpc) is 2.68. The van der Waals surface area contributed by atoms with E-state index in [1.807, 2.05) is 0 Å². The average molecular weight is 440 g/mol. The minimum absolute atomic E-state index is 0.187. The topological polar surface area (TPSA) is 106 Å². The number of nitrogens with zero attached hydrogens (tertiary/aromatic N) is 3. The summed E-state index contributed by atoms with van der Waals surface area (Å²) in [6, 6.07) is 0.963. The van der Waals surface area contributed by atoms with Gasteiger partial charge in [-0.05, 0) is 0 Å². The number of carbonyl (C=O) groups is 2. The van der Waals surface area contributed by atoms with E-state index in [2.05, 4.69) is 5.32 Å². The molecule has 0 radical (unpaired) electrons. The van der Waals surface area contributed by atoms with Gasteiger partial charge in [-0.25, -0.2) is 13.2 Å². The summed E-state index contributed by atoms with van der Waals surface area (Å²) in [4.78, 5) is 26.8. The van der Waals surface area contributed by atoms with Crippen LogP contribution in [0.15, 0.2) is 35.4 Å². The third-order valence-electron chi connectivity index (χ3n) is 5.21. The first-order valence-corrected chi connectivity index (χ1v) is 9.43. The van der Waals surface area contributed by atoms with Gasteiger partial charge in [-0.1, -0.05) is 0 Å². The van der Waals surface area contributed by atoms with E-state index < -0.39 is 53.2 Å². The van der Waals surface area contributed by atoms with Crippen LogP contribution in [0.4, 0.5) is 13.2 Å². The van der Waals surface area contributed by atoms with E-state index >= 15 is 0 Å². The Bertz CT molecular complexity index is 976. The summed E-state index contributed by atoms with van der Waals surface area (Å²) in [6.07, 6.45) is -0.636. The monoisotopic (exact) mass is 440 g/mol. The number of ether oxygens (including phenoxy) is 1.